The number of aromatic nitrogens is 8. The van der Waals surface area contributed by atoms with Crippen molar-refractivity contribution < 1.29 is 23.4 Å². The van der Waals surface area contributed by atoms with Crippen LogP contribution in [0.25, 0.3) is 28.1 Å². The maximum atomic E-state index is 15.1. The lowest BCUT2D eigenvalue weighted by atomic mass is 10.0. The molecule has 1 amide bonds. The van der Waals surface area contributed by atoms with E-state index in [1.807, 2.05) is 6.07 Å². The lowest BCUT2D eigenvalue weighted by Crippen LogP contribution is -2.24. The number of carbonyl (C=O) groups is 1. The second-order valence-corrected chi connectivity index (χ2v) is 10.4. The Labute approximate surface area is 260 Å². The van der Waals surface area contributed by atoms with Crippen molar-refractivity contribution in [1.82, 2.24) is 39.7 Å². The van der Waals surface area contributed by atoms with Crippen LogP contribution in [0.4, 0.5) is 15.0 Å². The molecule has 1 aliphatic heterocycles. The van der Waals surface area contributed by atoms with Crippen molar-refractivity contribution in [3.05, 3.63) is 87.8 Å². The highest BCUT2D eigenvalue weighted by molar-refractivity contribution is 6.31. The molecular formula is C29H27ClFN9O5. The molecular weight excluding hydrogens is 609 g/mol. The predicted molar refractivity (Wildman–Crippen MR) is 160 cm³/mol. The molecule has 0 aliphatic carbocycles. The highest BCUT2D eigenvalue weighted by Crippen LogP contribution is 2.35. The normalized spacial score (nSPS) is 14.0. The number of hydrogen-bond donors (Lipinski definition) is 2. The van der Waals surface area contributed by atoms with E-state index < -0.39 is 18.1 Å². The summed E-state index contributed by atoms with van der Waals surface area (Å²) >= 11 is 6.29. The molecule has 16 heteroatoms. The first-order chi connectivity index (χ1) is 21.9. The van der Waals surface area contributed by atoms with Crippen molar-refractivity contribution in [3.8, 4) is 28.1 Å². The highest BCUT2D eigenvalue weighted by Gasteiger charge is 2.29. The summed E-state index contributed by atoms with van der Waals surface area (Å²) in [5, 5.41) is 14.4. The van der Waals surface area contributed by atoms with Crippen LogP contribution < -0.4 is 10.9 Å². The number of anilines is 1. The fraction of sp³-hybridized carbons (Fsp3) is 0.276. The number of halogens is 2. The minimum atomic E-state index is -0.733. The number of methoxy groups -OCH3 is 1. The molecule has 0 radical (unpaired) electrons. The van der Waals surface area contributed by atoms with Gasteiger partial charge in [-0.15, -0.1) is 5.10 Å². The van der Waals surface area contributed by atoms with Gasteiger partial charge >= 0.3 is 6.09 Å². The van der Waals surface area contributed by atoms with Gasteiger partial charge in [0.15, 0.2) is 0 Å². The monoisotopic (exact) mass is 635 g/mol. The topological polar surface area (TPSA) is 164 Å². The molecule has 5 aromatic rings. The van der Waals surface area contributed by atoms with E-state index in [-0.39, 0.29) is 30.3 Å². The van der Waals surface area contributed by atoms with E-state index in [0.29, 0.717) is 59.3 Å². The zero-order valence-electron chi connectivity index (χ0n) is 23.9. The van der Waals surface area contributed by atoms with E-state index in [4.69, 9.17) is 25.8 Å². The molecule has 6 rings (SSSR count). The van der Waals surface area contributed by atoms with Crippen molar-refractivity contribution in [1.29, 1.82) is 0 Å². The second kappa shape index (κ2) is 13.3. The van der Waals surface area contributed by atoms with Gasteiger partial charge in [-0.2, -0.15) is 9.07 Å². The summed E-state index contributed by atoms with van der Waals surface area (Å²) < 4.78 is 33.4. The van der Waals surface area contributed by atoms with Gasteiger partial charge in [-0.05, 0) is 65.2 Å². The number of ether oxygens (including phenoxy) is 3. The maximum Gasteiger partial charge on any atom is 0.412 e. The Hall–Kier alpha value is -4.99. The van der Waals surface area contributed by atoms with Gasteiger partial charge in [0.25, 0.3) is 5.56 Å². The van der Waals surface area contributed by atoms with Crippen LogP contribution in [0.1, 0.15) is 24.0 Å². The number of imidazole rings is 1. The summed E-state index contributed by atoms with van der Waals surface area (Å²) in [6, 6.07) is 11.3. The van der Waals surface area contributed by atoms with Crippen molar-refractivity contribution in [2.45, 2.75) is 18.9 Å². The van der Waals surface area contributed by atoms with E-state index in [1.165, 1.54) is 29.3 Å². The molecule has 4 aromatic heterocycles. The Morgan fingerprint density at radius 3 is 2.78 bits per heavy atom. The number of nitrogens with one attached hydrogen (secondary N) is 2. The molecule has 1 atom stereocenters. The molecule has 0 spiro atoms. The van der Waals surface area contributed by atoms with Crippen LogP contribution in [-0.2, 0) is 20.6 Å². The van der Waals surface area contributed by atoms with Gasteiger partial charge in [0.2, 0.25) is 5.95 Å². The third-order valence-corrected chi connectivity index (χ3v) is 7.40. The molecule has 0 unspecified atom stereocenters. The van der Waals surface area contributed by atoms with Crippen molar-refractivity contribution in [2.24, 2.45) is 0 Å². The predicted octanol–water partition coefficient (Wildman–Crippen LogP) is 3.82. The van der Waals surface area contributed by atoms with Crippen molar-refractivity contribution in [3.63, 3.8) is 0 Å². The number of aryl methyl sites for hydroxylation is 1. The van der Waals surface area contributed by atoms with Gasteiger partial charge < -0.3 is 23.8 Å². The molecule has 5 heterocycles. The molecule has 2 N–H and O–H groups in total. The number of carbonyl (C=O) groups excluding carboxylic acids is 1. The van der Waals surface area contributed by atoms with Crippen LogP contribution in [0.5, 0.6) is 0 Å². The average Bonchev–Trinajstić information content (AvgIpc) is 3.80. The fourth-order valence-corrected chi connectivity index (χ4v) is 5.30. The summed E-state index contributed by atoms with van der Waals surface area (Å²) in [4.78, 5) is 36.8. The zero-order valence-corrected chi connectivity index (χ0v) is 24.7. The molecule has 0 saturated heterocycles. The van der Waals surface area contributed by atoms with Gasteiger partial charge in [-0.3, -0.25) is 10.1 Å². The van der Waals surface area contributed by atoms with E-state index >= 15 is 4.39 Å². The standard InChI is InChI=1S/C29H27ClFN9O5/c1-43-8-9-44-10-11-45-29(42)34-24-7-2-17(15-32-24)26-27(31)36-28(35-26)23-6-4-20-12-18(13-25(41)40(20)23)21-14-19(30)3-5-22(21)39-16-33-37-38-39/h2-3,5,7,12-16,23H,4,6,8-11H2,1H3,(H,35,36)(H,32,34,42)/t23-/m0/s1. The molecule has 232 valence electrons. The van der Waals surface area contributed by atoms with Crippen molar-refractivity contribution in [2.75, 3.05) is 38.9 Å². The Kier molecular flexibility index (Phi) is 8.91. The van der Waals surface area contributed by atoms with Gasteiger partial charge in [-0.25, -0.2) is 14.8 Å². The van der Waals surface area contributed by atoms with Crippen molar-refractivity contribution >= 4 is 23.5 Å². The Morgan fingerprint density at radius 2 is 2.00 bits per heavy atom. The lowest BCUT2D eigenvalue weighted by Gasteiger charge is -2.15. The SMILES string of the molecule is COCCOCCOC(=O)Nc1ccc(-c2[nH]c([C@@H]3CCc4cc(-c5cc(Cl)ccc5-n5cnnn5)cc(=O)n43)nc2F)cn1. The van der Waals surface area contributed by atoms with E-state index in [1.54, 1.807) is 35.9 Å². The summed E-state index contributed by atoms with van der Waals surface area (Å²) in [6.07, 6.45) is 3.28. The summed E-state index contributed by atoms with van der Waals surface area (Å²) in [6.45, 7) is 1.14. The third kappa shape index (κ3) is 6.60. The maximum absolute atomic E-state index is 15.1. The number of pyridine rings is 2. The Bertz CT molecular complexity index is 1860. The van der Waals surface area contributed by atoms with Crippen LogP contribution >= 0.6 is 11.6 Å². The molecule has 0 fully saturated rings. The average molecular weight is 636 g/mol. The Balaban J connectivity index is 1.17. The number of hydrogen-bond acceptors (Lipinski definition) is 10. The molecule has 45 heavy (non-hydrogen) atoms. The second-order valence-electron chi connectivity index (χ2n) is 10.00. The van der Waals surface area contributed by atoms with Gasteiger partial charge in [-0.1, -0.05) is 11.6 Å². The highest BCUT2D eigenvalue weighted by atomic mass is 35.5. The number of nitrogens with zero attached hydrogens (tertiary/aromatic N) is 7. The van der Waals surface area contributed by atoms with Gasteiger partial charge in [0.1, 0.15) is 30.3 Å². The van der Waals surface area contributed by atoms with Gasteiger partial charge in [0.05, 0.1) is 31.5 Å². The largest absolute Gasteiger partial charge is 0.447 e. The molecule has 0 bridgehead atoms. The van der Waals surface area contributed by atoms with E-state index in [9.17, 15) is 9.59 Å². The number of rotatable bonds is 11. The van der Waals surface area contributed by atoms with Crippen LogP contribution in [0, 0.1) is 5.95 Å². The summed E-state index contributed by atoms with van der Waals surface area (Å²) in [5.41, 5.74) is 3.04. The first-order valence-corrected chi connectivity index (χ1v) is 14.3. The van der Waals surface area contributed by atoms with E-state index in [2.05, 4.69) is 35.8 Å². The number of tetrazole rings is 1. The number of fused-ring (bicyclic) bond motifs is 1. The number of benzene rings is 1. The molecule has 0 saturated carbocycles. The molecule has 14 nitrogen and oxygen atoms in total. The Morgan fingerprint density at radius 1 is 1.13 bits per heavy atom. The minimum absolute atomic E-state index is 0.0623. The van der Waals surface area contributed by atoms with Crippen LogP contribution in [0.3, 0.4) is 0 Å². The van der Waals surface area contributed by atoms with Crippen LogP contribution in [-0.4, -0.2) is 79.4 Å². The smallest absolute Gasteiger partial charge is 0.412 e. The molecule has 1 aliphatic rings. The number of amides is 1. The first kappa shape index (κ1) is 30.1. The number of H-pyrrole nitrogens is 1. The number of aromatic amines is 1. The molecule has 1 aromatic carbocycles. The zero-order chi connectivity index (χ0) is 31.3. The van der Waals surface area contributed by atoms with Crippen LogP contribution in [0.15, 0.2) is 59.8 Å². The lowest BCUT2D eigenvalue weighted by molar-refractivity contribution is 0.0447. The first-order valence-electron chi connectivity index (χ1n) is 13.9. The summed E-state index contributed by atoms with van der Waals surface area (Å²) in [7, 11) is 1.57. The summed E-state index contributed by atoms with van der Waals surface area (Å²) in [5.74, 6) is -0.200. The van der Waals surface area contributed by atoms with Crippen LogP contribution in [0.2, 0.25) is 5.02 Å². The third-order valence-electron chi connectivity index (χ3n) is 7.17. The minimum Gasteiger partial charge on any atom is -0.447 e. The van der Waals surface area contributed by atoms with E-state index in [0.717, 1.165) is 5.69 Å². The quantitative estimate of drug-likeness (QED) is 0.204. The fourth-order valence-electron chi connectivity index (χ4n) is 5.13. The van der Waals surface area contributed by atoms with Gasteiger partial charge in [0, 0.05) is 41.2 Å².